The van der Waals surface area contributed by atoms with Gasteiger partial charge in [-0.1, -0.05) is 4.99 Å². The summed E-state index contributed by atoms with van der Waals surface area (Å²) in [5.74, 6) is 1.01. The van der Waals surface area contributed by atoms with Gasteiger partial charge in [-0.3, -0.25) is 14.6 Å². The lowest BCUT2D eigenvalue weighted by atomic mass is 10.2. The number of aryl methyl sites for hydroxylation is 1. The van der Waals surface area contributed by atoms with Crippen molar-refractivity contribution < 1.29 is 14.2 Å². The third-order valence-electron chi connectivity index (χ3n) is 4.43. The van der Waals surface area contributed by atoms with Crippen LogP contribution in [0.1, 0.15) is 18.2 Å². The number of hydrogen-bond donors (Lipinski definition) is 0. The number of nitrogens with zero attached hydrogens (tertiary/aromatic N) is 6. The summed E-state index contributed by atoms with van der Waals surface area (Å²) in [6.45, 7) is 3.83. The number of fused-ring (bicyclic) bond motifs is 3. The van der Waals surface area contributed by atoms with Gasteiger partial charge in [0.2, 0.25) is 11.9 Å². The molecular formula is C15H23N6O2+. The van der Waals surface area contributed by atoms with E-state index in [9.17, 15) is 9.59 Å². The van der Waals surface area contributed by atoms with Gasteiger partial charge < -0.3 is 4.90 Å². The number of amides is 3. The molecule has 0 aliphatic carbocycles. The number of rotatable bonds is 4. The second-order valence-corrected chi connectivity index (χ2v) is 6.40. The van der Waals surface area contributed by atoms with Crippen LogP contribution in [-0.2, 0) is 11.3 Å². The molecule has 0 bridgehead atoms. The Morgan fingerprint density at radius 1 is 1.26 bits per heavy atom. The van der Waals surface area contributed by atoms with Crippen molar-refractivity contribution in [3.05, 3.63) is 11.9 Å². The van der Waals surface area contributed by atoms with Crippen molar-refractivity contribution in [1.82, 2.24) is 19.3 Å². The topological polar surface area (TPSA) is 65.0 Å². The van der Waals surface area contributed by atoms with Crippen LogP contribution in [0.3, 0.4) is 0 Å². The van der Waals surface area contributed by atoms with Crippen molar-refractivity contribution >= 4 is 23.7 Å². The number of likely N-dealkylation sites (N-methyl/N-ethyl adjacent to an activating group) is 2. The van der Waals surface area contributed by atoms with E-state index in [0.29, 0.717) is 5.84 Å². The number of carbonyl (C=O) groups is 2. The molecule has 3 amide bonds. The summed E-state index contributed by atoms with van der Waals surface area (Å²) < 4.78 is 3.99. The number of carbonyl (C=O) groups excluding carboxylic acids is 2. The number of urea groups is 1. The largest absolute Gasteiger partial charge is 0.401 e. The fraction of sp³-hybridized carbons (Fsp3) is 0.600. The number of hydrogen-bond acceptors (Lipinski definition) is 4. The minimum Gasteiger partial charge on any atom is -0.309 e. The van der Waals surface area contributed by atoms with Gasteiger partial charge in [0.1, 0.15) is 11.9 Å². The Labute approximate surface area is 135 Å². The van der Waals surface area contributed by atoms with Gasteiger partial charge >= 0.3 is 12.0 Å². The summed E-state index contributed by atoms with van der Waals surface area (Å²) >= 11 is 0. The molecule has 1 aromatic rings. The van der Waals surface area contributed by atoms with Crippen LogP contribution in [0.5, 0.6) is 0 Å². The fourth-order valence-corrected chi connectivity index (χ4v) is 3.13. The highest BCUT2D eigenvalue weighted by Gasteiger charge is 2.52. The minimum atomic E-state index is -0.536. The first-order valence-corrected chi connectivity index (χ1v) is 7.72. The standard InChI is InChI=1S/C15H23N6O2/c1-10-9-21-11-12(18(4)15(23)19(5)13(11)22)16-14(21)20(10)8-6-7-17(2)3/h9,11H,6-8H2,1-5H3/q+1. The van der Waals surface area contributed by atoms with Gasteiger partial charge in [0, 0.05) is 20.6 Å². The zero-order chi connectivity index (χ0) is 16.9. The maximum Gasteiger partial charge on any atom is 0.401 e. The molecule has 1 fully saturated rings. The lowest BCUT2D eigenvalue weighted by Gasteiger charge is -2.30. The summed E-state index contributed by atoms with van der Waals surface area (Å²) in [5, 5.41) is 0. The molecule has 1 unspecified atom stereocenters. The van der Waals surface area contributed by atoms with Gasteiger partial charge in [0.15, 0.2) is 0 Å². The van der Waals surface area contributed by atoms with Crippen molar-refractivity contribution in [3.63, 3.8) is 0 Å². The molecule has 2 aliphatic rings. The predicted octanol–water partition coefficient (Wildman–Crippen LogP) is 0.144. The molecular weight excluding hydrogens is 296 g/mol. The lowest BCUT2D eigenvalue weighted by molar-refractivity contribution is -0.677. The van der Waals surface area contributed by atoms with Crippen molar-refractivity contribution in [2.75, 3.05) is 34.7 Å². The molecule has 0 aromatic carbocycles. The van der Waals surface area contributed by atoms with Gasteiger partial charge in [-0.2, -0.15) is 0 Å². The lowest BCUT2D eigenvalue weighted by Crippen LogP contribution is -2.61. The van der Waals surface area contributed by atoms with E-state index in [0.717, 1.165) is 36.1 Å². The zero-order valence-corrected chi connectivity index (χ0v) is 14.3. The quantitative estimate of drug-likeness (QED) is 0.742. The van der Waals surface area contributed by atoms with E-state index in [1.807, 2.05) is 31.8 Å². The predicted molar refractivity (Wildman–Crippen MR) is 84.6 cm³/mol. The Kier molecular flexibility index (Phi) is 3.71. The number of aromatic nitrogens is 2. The van der Waals surface area contributed by atoms with Crippen LogP contribution in [0.2, 0.25) is 0 Å². The van der Waals surface area contributed by atoms with Crippen LogP contribution in [0.4, 0.5) is 10.7 Å². The van der Waals surface area contributed by atoms with Crippen LogP contribution in [0, 0.1) is 6.92 Å². The van der Waals surface area contributed by atoms with E-state index in [1.165, 1.54) is 11.9 Å². The third-order valence-corrected chi connectivity index (χ3v) is 4.43. The van der Waals surface area contributed by atoms with Crippen LogP contribution in [0.15, 0.2) is 11.2 Å². The normalized spacial score (nSPS) is 20.3. The summed E-state index contributed by atoms with van der Waals surface area (Å²) in [7, 11) is 7.27. The highest BCUT2D eigenvalue weighted by Crippen LogP contribution is 2.28. The molecule has 8 heteroatoms. The van der Waals surface area contributed by atoms with Gasteiger partial charge in [-0.25, -0.2) is 13.9 Å². The van der Waals surface area contributed by atoms with E-state index < -0.39 is 6.04 Å². The number of aliphatic imine (C=N–C) groups is 1. The monoisotopic (exact) mass is 319 g/mol. The second kappa shape index (κ2) is 5.45. The Bertz CT molecular complexity index is 705. The third kappa shape index (κ3) is 2.33. The molecule has 3 heterocycles. The van der Waals surface area contributed by atoms with Gasteiger partial charge in [0.05, 0.1) is 6.54 Å². The highest BCUT2D eigenvalue weighted by molar-refractivity contribution is 6.18. The molecule has 0 radical (unpaired) electrons. The van der Waals surface area contributed by atoms with Crippen molar-refractivity contribution in [3.8, 4) is 0 Å². The zero-order valence-electron chi connectivity index (χ0n) is 14.3. The van der Waals surface area contributed by atoms with Crippen LogP contribution in [0.25, 0.3) is 0 Å². The Morgan fingerprint density at radius 3 is 2.61 bits per heavy atom. The summed E-state index contributed by atoms with van der Waals surface area (Å²) in [6, 6.07) is -0.877. The van der Waals surface area contributed by atoms with Gasteiger partial charge in [0.25, 0.3) is 5.91 Å². The van der Waals surface area contributed by atoms with E-state index in [1.54, 1.807) is 7.05 Å². The van der Waals surface area contributed by atoms with Crippen molar-refractivity contribution in [2.24, 2.45) is 4.99 Å². The SMILES string of the molecule is Cc1c[n+]2c(n1CCCN(C)C)N=C1C2C(=O)N(C)C(=O)N1C. The van der Waals surface area contributed by atoms with Crippen LogP contribution < -0.4 is 4.57 Å². The summed E-state index contributed by atoms with van der Waals surface area (Å²) in [6.07, 6.45) is 2.94. The number of amidine groups is 1. The molecule has 0 N–H and O–H groups in total. The average molecular weight is 319 g/mol. The maximum atomic E-state index is 12.5. The molecule has 0 saturated carbocycles. The van der Waals surface area contributed by atoms with Crippen molar-refractivity contribution in [1.29, 1.82) is 0 Å². The fourth-order valence-electron chi connectivity index (χ4n) is 3.13. The molecule has 8 nitrogen and oxygen atoms in total. The molecule has 0 spiro atoms. The first kappa shape index (κ1) is 15.7. The number of imide groups is 1. The van der Waals surface area contributed by atoms with Crippen LogP contribution >= 0.6 is 0 Å². The molecule has 23 heavy (non-hydrogen) atoms. The Hall–Kier alpha value is -2.22. The van der Waals surface area contributed by atoms with E-state index >= 15 is 0 Å². The molecule has 2 aliphatic heterocycles. The molecule has 3 rings (SSSR count). The van der Waals surface area contributed by atoms with Crippen LogP contribution in [-0.4, -0.2) is 71.8 Å². The number of imidazole rings is 1. The average Bonchev–Trinajstić information content (AvgIpc) is 2.99. The smallest absolute Gasteiger partial charge is 0.309 e. The van der Waals surface area contributed by atoms with Gasteiger partial charge in [-0.15, -0.1) is 0 Å². The molecule has 1 atom stereocenters. The summed E-state index contributed by atoms with van der Waals surface area (Å²) in [5.41, 5.74) is 1.07. The first-order valence-electron chi connectivity index (χ1n) is 7.72. The highest BCUT2D eigenvalue weighted by atomic mass is 16.2. The van der Waals surface area contributed by atoms with E-state index in [-0.39, 0.29) is 11.9 Å². The first-order chi connectivity index (χ1) is 10.8. The maximum absolute atomic E-state index is 12.5. The Morgan fingerprint density at radius 2 is 1.96 bits per heavy atom. The summed E-state index contributed by atoms with van der Waals surface area (Å²) in [4.78, 5) is 33.9. The molecule has 124 valence electrons. The molecule has 1 aromatic heterocycles. The molecule has 1 saturated heterocycles. The second-order valence-electron chi connectivity index (χ2n) is 6.40. The van der Waals surface area contributed by atoms with Crippen molar-refractivity contribution in [2.45, 2.75) is 25.9 Å². The van der Waals surface area contributed by atoms with E-state index in [4.69, 9.17) is 0 Å². The Balaban J connectivity index is 1.96. The van der Waals surface area contributed by atoms with E-state index in [2.05, 4.69) is 14.5 Å². The van der Waals surface area contributed by atoms with Gasteiger partial charge in [-0.05, 0) is 27.4 Å². The minimum absolute atomic E-state index is 0.235.